The Bertz CT molecular complexity index is 2010. The van der Waals surface area contributed by atoms with Gasteiger partial charge in [0.25, 0.3) is 0 Å². The first-order valence-electron chi connectivity index (χ1n) is 45.1. The lowest BCUT2D eigenvalue weighted by molar-refractivity contribution is -0.161. The minimum atomic E-state index is -4.96. The first-order valence-corrected chi connectivity index (χ1v) is 48.1. The van der Waals surface area contributed by atoms with E-state index in [4.69, 9.17) is 37.0 Å². The van der Waals surface area contributed by atoms with E-state index in [-0.39, 0.29) is 25.7 Å². The molecule has 0 rings (SSSR count). The lowest BCUT2D eigenvalue weighted by Crippen LogP contribution is -2.30. The highest BCUT2D eigenvalue weighted by molar-refractivity contribution is 7.47. The largest absolute Gasteiger partial charge is 0.472 e. The van der Waals surface area contributed by atoms with E-state index in [9.17, 15) is 43.2 Å². The molecule has 0 amide bonds. The summed E-state index contributed by atoms with van der Waals surface area (Å²) < 4.78 is 68.8. The molecule has 106 heavy (non-hydrogen) atoms. The molecule has 0 radical (unpaired) electrons. The summed E-state index contributed by atoms with van der Waals surface area (Å²) in [5, 5.41) is 10.7. The molecule has 17 nitrogen and oxygen atoms in total. The predicted octanol–water partition coefficient (Wildman–Crippen LogP) is 26.8. The van der Waals surface area contributed by atoms with Crippen molar-refractivity contribution in [2.75, 3.05) is 39.6 Å². The number of aliphatic hydroxyl groups excluding tert-OH is 1. The fraction of sp³-hybridized carbons (Fsp3) is 0.954. The maximum absolute atomic E-state index is 13.1. The van der Waals surface area contributed by atoms with Crippen LogP contribution in [-0.2, 0) is 65.4 Å². The van der Waals surface area contributed by atoms with Crippen molar-refractivity contribution >= 4 is 39.5 Å². The van der Waals surface area contributed by atoms with Gasteiger partial charge in [0.1, 0.15) is 19.3 Å². The molecule has 0 saturated carbocycles. The number of ether oxygens (including phenoxy) is 4. The van der Waals surface area contributed by atoms with Crippen LogP contribution in [-0.4, -0.2) is 96.7 Å². The number of esters is 4. The molecule has 0 saturated heterocycles. The summed E-state index contributed by atoms with van der Waals surface area (Å²) >= 11 is 0. The molecule has 0 aromatic rings. The van der Waals surface area contributed by atoms with Crippen LogP contribution in [0.2, 0.25) is 0 Å². The topological polar surface area (TPSA) is 237 Å². The van der Waals surface area contributed by atoms with Gasteiger partial charge in [0.05, 0.1) is 26.4 Å². The zero-order valence-electron chi connectivity index (χ0n) is 69.6. The van der Waals surface area contributed by atoms with E-state index in [0.29, 0.717) is 25.7 Å². The number of unbranched alkanes of at least 4 members (excludes halogenated alkanes) is 59. The molecule has 0 aromatic heterocycles. The number of aliphatic hydroxyl groups is 1. The van der Waals surface area contributed by atoms with Gasteiger partial charge < -0.3 is 33.8 Å². The number of hydrogen-bond donors (Lipinski definition) is 3. The average molecular weight is 1550 g/mol. The number of carbonyl (C=O) groups excluding carboxylic acids is 4. The van der Waals surface area contributed by atoms with Crippen LogP contribution in [0.3, 0.4) is 0 Å². The molecule has 0 spiro atoms. The second kappa shape index (κ2) is 79.7. The van der Waals surface area contributed by atoms with Crippen molar-refractivity contribution in [3.63, 3.8) is 0 Å². The molecule has 0 aromatic carbocycles. The molecule has 0 aliphatic heterocycles. The highest BCUT2D eigenvalue weighted by atomic mass is 31.2. The van der Waals surface area contributed by atoms with E-state index in [1.54, 1.807) is 0 Å². The smallest absolute Gasteiger partial charge is 0.462 e. The molecule has 5 atom stereocenters. The SMILES string of the molecule is CCCCCCCCCCCCCCCCCCCCCCC(=O)OC[C@H](COP(=O)(O)OC[C@@H](O)COP(=O)(O)OC[C@@H](COC(=O)CCCCCCCCCC)OC(=O)CCCCCCCCCCCCCCCCCC(C)C)OC(=O)CCCCCCCCCCCCCCCCCCCCCC. The summed E-state index contributed by atoms with van der Waals surface area (Å²) in [4.78, 5) is 73.2. The van der Waals surface area contributed by atoms with Crippen LogP contribution in [0.4, 0.5) is 0 Å². The van der Waals surface area contributed by atoms with Crippen molar-refractivity contribution in [1.29, 1.82) is 0 Å². The molecular formula is C87H170O17P2. The zero-order valence-corrected chi connectivity index (χ0v) is 71.4. The van der Waals surface area contributed by atoms with E-state index in [0.717, 1.165) is 102 Å². The van der Waals surface area contributed by atoms with E-state index in [1.807, 2.05) is 0 Å². The molecule has 0 fully saturated rings. The molecule has 19 heteroatoms. The average Bonchev–Trinajstić information content (AvgIpc) is 0.903. The molecule has 2 unspecified atom stereocenters. The molecule has 0 heterocycles. The van der Waals surface area contributed by atoms with Crippen molar-refractivity contribution < 1.29 is 80.2 Å². The van der Waals surface area contributed by atoms with Gasteiger partial charge in [-0.05, 0) is 31.6 Å². The lowest BCUT2D eigenvalue weighted by Gasteiger charge is -2.21. The standard InChI is InChI=1S/C87H170O17P2/c1-6-9-12-15-18-21-23-25-27-29-31-33-35-39-43-47-51-56-61-66-71-85(90)98-77-83(104-87(92)73-67-62-57-52-48-44-40-36-34-32-30-28-26-24-22-19-16-13-10-7-2)79-102-106(95,96)100-75-81(88)74-99-105(93,94)101-78-82(76-97-84(89)70-65-60-55-20-17-14-11-8-3)103-86(91)72-68-63-58-53-49-45-41-37-38-42-46-50-54-59-64-69-80(4)5/h80-83,88H,6-79H2,1-5H3,(H,93,94)(H,95,96)/t81-,82+,83+/m0/s1. The van der Waals surface area contributed by atoms with Crippen LogP contribution < -0.4 is 0 Å². The minimum absolute atomic E-state index is 0.108. The highest BCUT2D eigenvalue weighted by Gasteiger charge is 2.30. The predicted molar refractivity (Wildman–Crippen MR) is 437 cm³/mol. The van der Waals surface area contributed by atoms with Crippen molar-refractivity contribution in [1.82, 2.24) is 0 Å². The number of phosphoric ester groups is 2. The third kappa shape index (κ3) is 80.1. The summed E-state index contributed by atoms with van der Waals surface area (Å²) in [6.45, 7) is 7.37. The van der Waals surface area contributed by atoms with Crippen molar-refractivity contribution in [2.24, 2.45) is 5.92 Å². The van der Waals surface area contributed by atoms with E-state index in [1.165, 1.54) is 289 Å². The van der Waals surface area contributed by atoms with Gasteiger partial charge in [0.15, 0.2) is 12.2 Å². The Hall–Kier alpha value is -1.94. The Morgan fingerprint density at radius 2 is 0.434 bits per heavy atom. The van der Waals surface area contributed by atoms with Crippen LogP contribution in [0.15, 0.2) is 0 Å². The number of hydrogen-bond acceptors (Lipinski definition) is 15. The normalized spacial score (nSPS) is 13.7. The van der Waals surface area contributed by atoms with Crippen LogP contribution >= 0.6 is 15.6 Å². The van der Waals surface area contributed by atoms with Gasteiger partial charge in [-0.15, -0.1) is 0 Å². The molecule has 0 aliphatic rings. The molecular weight excluding hydrogens is 1380 g/mol. The Kier molecular flexibility index (Phi) is 78.2. The van der Waals surface area contributed by atoms with Crippen LogP contribution in [0, 0.1) is 5.92 Å². The van der Waals surface area contributed by atoms with Gasteiger partial charge in [-0.1, -0.05) is 420 Å². The fourth-order valence-corrected chi connectivity index (χ4v) is 15.2. The summed E-state index contributed by atoms with van der Waals surface area (Å²) in [5.74, 6) is -1.30. The van der Waals surface area contributed by atoms with Gasteiger partial charge in [0.2, 0.25) is 0 Å². The second-order valence-electron chi connectivity index (χ2n) is 31.8. The Balaban J connectivity index is 5.18. The van der Waals surface area contributed by atoms with Crippen LogP contribution in [0.25, 0.3) is 0 Å². The summed E-state index contributed by atoms with van der Waals surface area (Å²) in [6.07, 6.45) is 73.8. The maximum atomic E-state index is 13.1. The Labute approximate surface area is 651 Å². The van der Waals surface area contributed by atoms with Crippen LogP contribution in [0.5, 0.6) is 0 Å². The first-order chi connectivity index (χ1) is 51.5. The van der Waals surface area contributed by atoms with Crippen molar-refractivity contribution in [2.45, 2.75) is 490 Å². The summed E-state index contributed by atoms with van der Waals surface area (Å²) in [5.41, 5.74) is 0. The van der Waals surface area contributed by atoms with Gasteiger partial charge in [-0.2, -0.15) is 0 Å². The number of carbonyl (C=O) groups is 4. The van der Waals surface area contributed by atoms with E-state index in [2.05, 4.69) is 34.6 Å². The van der Waals surface area contributed by atoms with Gasteiger partial charge >= 0.3 is 39.5 Å². The second-order valence-corrected chi connectivity index (χ2v) is 34.7. The fourth-order valence-electron chi connectivity index (χ4n) is 13.6. The maximum Gasteiger partial charge on any atom is 0.472 e. The van der Waals surface area contributed by atoms with Crippen molar-refractivity contribution in [3.8, 4) is 0 Å². The molecule has 0 bridgehead atoms. The number of rotatable bonds is 87. The van der Waals surface area contributed by atoms with Gasteiger partial charge in [-0.3, -0.25) is 37.3 Å². The summed E-state index contributed by atoms with van der Waals surface area (Å²) in [7, 11) is -9.92. The first kappa shape index (κ1) is 104. The molecule has 630 valence electrons. The highest BCUT2D eigenvalue weighted by Crippen LogP contribution is 2.45. The van der Waals surface area contributed by atoms with E-state index >= 15 is 0 Å². The lowest BCUT2D eigenvalue weighted by atomic mass is 10.0. The third-order valence-corrected chi connectivity index (χ3v) is 22.4. The zero-order chi connectivity index (χ0) is 77.6. The molecule has 3 N–H and O–H groups in total. The van der Waals surface area contributed by atoms with Gasteiger partial charge in [0, 0.05) is 25.7 Å². The quantitative estimate of drug-likeness (QED) is 0.0222. The third-order valence-electron chi connectivity index (χ3n) is 20.5. The Morgan fingerprint density at radius 1 is 0.255 bits per heavy atom. The number of phosphoric acid groups is 2. The molecule has 0 aliphatic carbocycles. The monoisotopic (exact) mass is 1550 g/mol. The summed E-state index contributed by atoms with van der Waals surface area (Å²) in [6, 6.07) is 0. The Morgan fingerprint density at radius 3 is 0.642 bits per heavy atom. The van der Waals surface area contributed by atoms with Crippen LogP contribution in [0.1, 0.15) is 471 Å². The van der Waals surface area contributed by atoms with Crippen molar-refractivity contribution in [3.05, 3.63) is 0 Å². The minimum Gasteiger partial charge on any atom is -0.462 e. The van der Waals surface area contributed by atoms with Gasteiger partial charge in [-0.25, -0.2) is 9.13 Å². The van der Waals surface area contributed by atoms with E-state index < -0.39 is 97.5 Å².